The van der Waals surface area contributed by atoms with Gasteiger partial charge in [0.05, 0.1) is 0 Å². The Labute approximate surface area is 116 Å². The molecular weight excluding hydrogens is 298 g/mol. The standard InChI is InChI=1S/C14H17BrClN/c1-14(7-9(14)8-17-11-3-4-11)12-5-2-10(15)6-13(12)16/h2,5-6,9,11,17H,3-4,7-8H2,1H3. The minimum Gasteiger partial charge on any atom is -0.314 e. The molecule has 0 bridgehead atoms. The highest BCUT2D eigenvalue weighted by molar-refractivity contribution is 9.10. The fraction of sp³-hybridized carbons (Fsp3) is 0.571. The first kappa shape index (κ1) is 12.0. The zero-order valence-electron chi connectivity index (χ0n) is 9.97. The first-order chi connectivity index (χ1) is 8.09. The summed E-state index contributed by atoms with van der Waals surface area (Å²) in [5.41, 5.74) is 1.60. The topological polar surface area (TPSA) is 12.0 Å². The van der Waals surface area contributed by atoms with Crippen LogP contribution in [0.15, 0.2) is 22.7 Å². The molecule has 2 aliphatic carbocycles. The lowest BCUT2D eigenvalue weighted by Crippen LogP contribution is -2.22. The molecule has 0 aromatic heterocycles. The molecule has 0 amide bonds. The minimum absolute atomic E-state index is 0.291. The molecule has 17 heavy (non-hydrogen) atoms. The van der Waals surface area contributed by atoms with Gasteiger partial charge in [-0.15, -0.1) is 0 Å². The van der Waals surface area contributed by atoms with Crippen LogP contribution in [0.2, 0.25) is 5.02 Å². The lowest BCUT2D eigenvalue weighted by atomic mass is 9.95. The second kappa shape index (κ2) is 4.25. The molecule has 2 aliphatic rings. The molecule has 1 nitrogen and oxygen atoms in total. The van der Waals surface area contributed by atoms with Crippen molar-refractivity contribution in [3.05, 3.63) is 33.3 Å². The average Bonchev–Trinajstić information content (AvgIpc) is 3.13. The van der Waals surface area contributed by atoms with Crippen molar-refractivity contribution in [2.75, 3.05) is 6.54 Å². The maximum atomic E-state index is 6.34. The SMILES string of the molecule is CC1(c2ccc(Br)cc2Cl)CC1CNC1CC1. The van der Waals surface area contributed by atoms with Crippen molar-refractivity contribution < 1.29 is 0 Å². The van der Waals surface area contributed by atoms with Crippen LogP contribution in [0.1, 0.15) is 31.7 Å². The van der Waals surface area contributed by atoms with E-state index in [2.05, 4.69) is 40.3 Å². The van der Waals surface area contributed by atoms with Crippen molar-refractivity contribution in [2.45, 2.75) is 37.6 Å². The van der Waals surface area contributed by atoms with Crippen LogP contribution in [0.25, 0.3) is 0 Å². The van der Waals surface area contributed by atoms with Gasteiger partial charge in [0.1, 0.15) is 0 Å². The molecule has 0 heterocycles. The third kappa shape index (κ3) is 2.40. The number of hydrogen-bond acceptors (Lipinski definition) is 1. The molecule has 0 radical (unpaired) electrons. The van der Waals surface area contributed by atoms with E-state index in [1.54, 1.807) is 0 Å². The zero-order chi connectivity index (χ0) is 12.0. The summed E-state index contributed by atoms with van der Waals surface area (Å²) in [4.78, 5) is 0. The monoisotopic (exact) mass is 313 g/mol. The van der Waals surface area contributed by atoms with Crippen molar-refractivity contribution in [2.24, 2.45) is 5.92 Å². The lowest BCUT2D eigenvalue weighted by Gasteiger charge is -2.14. The van der Waals surface area contributed by atoms with Crippen LogP contribution in [0.3, 0.4) is 0 Å². The van der Waals surface area contributed by atoms with Crippen molar-refractivity contribution in [3.63, 3.8) is 0 Å². The maximum absolute atomic E-state index is 6.34. The van der Waals surface area contributed by atoms with Crippen molar-refractivity contribution in [3.8, 4) is 0 Å². The number of nitrogens with one attached hydrogen (secondary N) is 1. The molecule has 92 valence electrons. The van der Waals surface area contributed by atoms with Crippen molar-refractivity contribution in [1.29, 1.82) is 0 Å². The van der Waals surface area contributed by atoms with E-state index in [9.17, 15) is 0 Å². The highest BCUT2D eigenvalue weighted by Crippen LogP contribution is 2.55. The summed E-state index contributed by atoms with van der Waals surface area (Å²) >= 11 is 9.80. The molecule has 1 aromatic carbocycles. The van der Waals surface area contributed by atoms with Gasteiger partial charge in [-0.05, 0) is 54.8 Å². The Bertz CT molecular complexity index is 444. The first-order valence-electron chi connectivity index (χ1n) is 6.28. The smallest absolute Gasteiger partial charge is 0.0454 e. The summed E-state index contributed by atoms with van der Waals surface area (Å²) in [6.45, 7) is 3.48. The molecule has 2 saturated carbocycles. The molecule has 1 aromatic rings. The molecule has 1 N–H and O–H groups in total. The van der Waals surface area contributed by atoms with E-state index >= 15 is 0 Å². The number of rotatable bonds is 4. The van der Waals surface area contributed by atoms with Gasteiger partial charge in [-0.3, -0.25) is 0 Å². The molecule has 3 heteroatoms. The Morgan fingerprint density at radius 3 is 2.88 bits per heavy atom. The summed E-state index contributed by atoms with van der Waals surface area (Å²) in [5.74, 6) is 0.752. The van der Waals surface area contributed by atoms with Crippen molar-refractivity contribution >= 4 is 27.5 Å². The van der Waals surface area contributed by atoms with Gasteiger partial charge < -0.3 is 5.32 Å². The molecule has 0 aliphatic heterocycles. The molecule has 0 saturated heterocycles. The van der Waals surface area contributed by atoms with Gasteiger partial charge in [0.15, 0.2) is 0 Å². The Morgan fingerprint density at radius 2 is 2.24 bits per heavy atom. The van der Waals surface area contributed by atoms with Crippen LogP contribution >= 0.6 is 27.5 Å². The van der Waals surface area contributed by atoms with Gasteiger partial charge in [0, 0.05) is 15.5 Å². The second-order valence-corrected chi connectivity index (χ2v) is 6.95. The molecule has 2 unspecified atom stereocenters. The van der Waals surface area contributed by atoms with E-state index in [1.165, 1.54) is 24.8 Å². The van der Waals surface area contributed by atoms with Gasteiger partial charge in [-0.2, -0.15) is 0 Å². The molecule has 3 rings (SSSR count). The second-order valence-electron chi connectivity index (χ2n) is 5.63. The van der Waals surface area contributed by atoms with E-state index in [4.69, 9.17) is 11.6 Å². The molecule has 2 fully saturated rings. The largest absolute Gasteiger partial charge is 0.314 e. The fourth-order valence-electron chi connectivity index (χ4n) is 2.63. The summed E-state index contributed by atoms with van der Waals surface area (Å²) in [5, 5.41) is 4.52. The zero-order valence-corrected chi connectivity index (χ0v) is 12.3. The Balaban J connectivity index is 1.70. The fourth-order valence-corrected chi connectivity index (χ4v) is 3.52. The predicted octanol–water partition coefficient (Wildman–Crippen LogP) is 4.13. The van der Waals surface area contributed by atoms with Crippen LogP contribution in [0, 0.1) is 5.92 Å². The first-order valence-corrected chi connectivity index (χ1v) is 7.45. The van der Waals surface area contributed by atoms with Crippen LogP contribution in [0.5, 0.6) is 0 Å². The Morgan fingerprint density at radius 1 is 1.47 bits per heavy atom. The van der Waals surface area contributed by atoms with Crippen LogP contribution in [-0.2, 0) is 5.41 Å². The third-order valence-corrected chi connectivity index (χ3v) is 4.99. The number of hydrogen-bond donors (Lipinski definition) is 1. The average molecular weight is 315 g/mol. The summed E-state index contributed by atoms with van der Waals surface area (Å²) in [6.07, 6.45) is 3.99. The van der Waals surface area contributed by atoms with Gasteiger partial charge in [-0.25, -0.2) is 0 Å². The predicted molar refractivity (Wildman–Crippen MR) is 75.6 cm³/mol. The highest BCUT2D eigenvalue weighted by atomic mass is 79.9. The van der Waals surface area contributed by atoms with Crippen molar-refractivity contribution in [1.82, 2.24) is 5.32 Å². The van der Waals surface area contributed by atoms with E-state index in [-0.39, 0.29) is 0 Å². The van der Waals surface area contributed by atoms with Crippen LogP contribution < -0.4 is 5.32 Å². The van der Waals surface area contributed by atoms with E-state index in [0.29, 0.717) is 5.41 Å². The quantitative estimate of drug-likeness (QED) is 0.881. The molecule has 0 spiro atoms. The van der Waals surface area contributed by atoms with E-state index in [0.717, 1.165) is 28.0 Å². The minimum atomic E-state index is 0.291. The molecule has 2 atom stereocenters. The van der Waals surface area contributed by atoms with Gasteiger partial charge >= 0.3 is 0 Å². The Hall–Kier alpha value is -0.0500. The summed E-state index contributed by atoms with van der Waals surface area (Å²) in [7, 11) is 0. The lowest BCUT2D eigenvalue weighted by molar-refractivity contribution is 0.576. The van der Waals surface area contributed by atoms with Crippen LogP contribution in [0.4, 0.5) is 0 Å². The van der Waals surface area contributed by atoms with Crippen LogP contribution in [-0.4, -0.2) is 12.6 Å². The molecular formula is C14H17BrClN. The summed E-state index contributed by atoms with van der Waals surface area (Å²) in [6, 6.07) is 7.08. The number of halogens is 2. The third-order valence-electron chi connectivity index (χ3n) is 4.19. The summed E-state index contributed by atoms with van der Waals surface area (Å²) < 4.78 is 1.06. The Kier molecular flexibility index (Phi) is 3.00. The normalized spacial score (nSPS) is 31.6. The van der Waals surface area contributed by atoms with Gasteiger partial charge in [0.2, 0.25) is 0 Å². The van der Waals surface area contributed by atoms with E-state index in [1.807, 2.05) is 6.07 Å². The van der Waals surface area contributed by atoms with Gasteiger partial charge in [-0.1, -0.05) is 40.5 Å². The maximum Gasteiger partial charge on any atom is 0.0454 e. The number of benzene rings is 1. The van der Waals surface area contributed by atoms with E-state index < -0.39 is 0 Å². The van der Waals surface area contributed by atoms with Gasteiger partial charge in [0.25, 0.3) is 0 Å². The highest BCUT2D eigenvalue weighted by Gasteiger charge is 2.51.